The fourth-order valence-corrected chi connectivity index (χ4v) is 2.06. The van der Waals surface area contributed by atoms with Crippen molar-refractivity contribution in [2.45, 2.75) is 13.3 Å². The number of hydrogen-bond donors (Lipinski definition) is 1. The molecule has 0 spiro atoms. The Labute approximate surface area is 114 Å². The summed E-state index contributed by atoms with van der Waals surface area (Å²) in [5, 5.41) is 3.69. The molecule has 0 atom stereocenters. The monoisotopic (exact) mass is 285 g/mol. The van der Waals surface area contributed by atoms with E-state index in [9.17, 15) is 4.39 Å². The van der Waals surface area contributed by atoms with E-state index >= 15 is 0 Å². The van der Waals surface area contributed by atoms with Gasteiger partial charge < -0.3 is 5.32 Å². The van der Waals surface area contributed by atoms with E-state index in [1.165, 1.54) is 18.5 Å². The van der Waals surface area contributed by atoms with Crippen molar-refractivity contribution in [3.63, 3.8) is 0 Å². The molecule has 1 aromatic carbocycles. The lowest BCUT2D eigenvalue weighted by Gasteiger charge is -2.10. The van der Waals surface area contributed by atoms with Crippen LogP contribution in [0.25, 0.3) is 0 Å². The van der Waals surface area contributed by atoms with Crippen LogP contribution >= 0.6 is 23.2 Å². The third-order valence-corrected chi connectivity index (χ3v) is 2.92. The van der Waals surface area contributed by atoms with Crippen LogP contribution in [0.2, 0.25) is 10.2 Å². The first kappa shape index (κ1) is 13.1. The minimum absolute atomic E-state index is 0.315. The lowest BCUT2D eigenvalue weighted by molar-refractivity contribution is 0.628. The van der Waals surface area contributed by atoms with Crippen molar-refractivity contribution in [2.24, 2.45) is 0 Å². The van der Waals surface area contributed by atoms with Crippen LogP contribution < -0.4 is 5.32 Å². The molecule has 0 amide bonds. The van der Waals surface area contributed by atoms with E-state index in [-0.39, 0.29) is 0 Å². The second-order valence-electron chi connectivity index (χ2n) is 3.63. The maximum absolute atomic E-state index is 13.2. The summed E-state index contributed by atoms with van der Waals surface area (Å²) in [5.41, 5.74) is 1.30. The van der Waals surface area contributed by atoms with Gasteiger partial charge in [0.2, 0.25) is 0 Å². The highest BCUT2D eigenvalue weighted by Crippen LogP contribution is 2.25. The summed E-state index contributed by atoms with van der Waals surface area (Å²) in [6, 6.07) is 4.18. The number of hydrogen-bond acceptors (Lipinski definition) is 3. The van der Waals surface area contributed by atoms with Crippen molar-refractivity contribution in [3.05, 3.63) is 46.1 Å². The topological polar surface area (TPSA) is 37.8 Å². The molecule has 1 aromatic heterocycles. The molecule has 18 heavy (non-hydrogen) atoms. The summed E-state index contributed by atoms with van der Waals surface area (Å²) in [6.07, 6.45) is 2.02. The molecule has 3 nitrogen and oxygen atoms in total. The fraction of sp³-hybridized carbons (Fsp3) is 0.167. The summed E-state index contributed by atoms with van der Waals surface area (Å²) in [6.45, 7) is 1.94. The molecule has 0 unspecified atom stereocenters. The van der Waals surface area contributed by atoms with Crippen LogP contribution in [-0.4, -0.2) is 9.97 Å². The standard InChI is InChI=1S/C12H10Cl2FN3/c1-2-10-11(14)16-6-17-12(10)18-9-4-7(13)3-8(15)5-9/h3-6H,2H2,1H3,(H,16,17,18). The van der Waals surface area contributed by atoms with Crippen LogP contribution in [0.5, 0.6) is 0 Å². The van der Waals surface area contributed by atoms with Crippen molar-refractivity contribution < 1.29 is 4.39 Å². The van der Waals surface area contributed by atoms with Gasteiger partial charge in [0.05, 0.1) is 0 Å². The van der Waals surface area contributed by atoms with Crippen LogP contribution in [-0.2, 0) is 6.42 Å². The van der Waals surface area contributed by atoms with Crippen molar-refractivity contribution in [1.29, 1.82) is 0 Å². The van der Waals surface area contributed by atoms with Gasteiger partial charge in [-0.3, -0.25) is 0 Å². The minimum atomic E-state index is -0.414. The van der Waals surface area contributed by atoms with Crippen LogP contribution in [0.1, 0.15) is 12.5 Å². The first-order chi connectivity index (χ1) is 8.60. The second-order valence-corrected chi connectivity index (χ2v) is 4.42. The van der Waals surface area contributed by atoms with E-state index in [1.807, 2.05) is 6.92 Å². The van der Waals surface area contributed by atoms with Crippen LogP contribution in [0.3, 0.4) is 0 Å². The van der Waals surface area contributed by atoms with Gasteiger partial charge in [0.1, 0.15) is 23.1 Å². The maximum atomic E-state index is 13.2. The summed E-state index contributed by atoms with van der Waals surface area (Å²) in [4.78, 5) is 7.99. The number of aromatic nitrogens is 2. The first-order valence-electron chi connectivity index (χ1n) is 5.32. The molecule has 0 fully saturated rings. The van der Waals surface area contributed by atoms with Crippen molar-refractivity contribution in [3.8, 4) is 0 Å². The summed E-state index contributed by atoms with van der Waals surface area (Å²) in [7, 11) is 0. The zero-order chi connectivity index (χ0) is 13.1. The average Bonchev–Trinajstić information content (AvgIpc) is 2.27. The van der Waals surface area contributed by atoms with Gasteiger partial charge in [-0.2, -0.15) is 0 Å². The van der Waals surface area contributed by atoms with Crippen molar-refractivity contribution in [1.82, 2.24) is 9.97 Å². The van der Waals surface area contributed by atoms with Gasteiger partial charge in [-0.15, -0.1) is 0 Å². The predicted octanol–water partition coefficient (Wildman–Crippen LogP) is 4.23. The van der Waals surface area contributed by atoms with E-state index in [1.54, 1.807) is 6.07 Å². The lowest BCUT2D eigenvalue weighted by Crippen LogP contribution is -2.00. The van der Waals surface area contributed by atoms with Gasteiger partial charge >= 0.3 is 0 Å². The molecule has 0 saturated heterocycles. The fourth-order valence-electron chi connectivity index (χ4n) is 1.57. The predicted molar refractivity (Wildman–Crippen MR) is 71.1 cm³/mol. The Morgan fingerprint density at radius 1 is 1.22 bits per heavy atom. The third kappa shape index (κ3) is 2.89. The molecule has 0 bridgehead atoms. The highest BCUT2D eigenvalue weighted by atomic mass is 35.5. The molecular formula is C12H10Cl2FN3. The highest BCUT2D eigenvalue weighted by molar-refractivity contribution is 6.31. The van der Waals surface area contributed by atoms with Crippen molar-refractivity contribution >= 4 is 34.7 Å². The van der Waals surface area contributed by atoms with Gasteiger partial charge in [0.25, 0.3) is 0 Å². The molecule has 1 N–H and O–H groups in total. The molecule has 6 heteroatoms. The molecule has 2 rings (SSSR count). The summed E-state index contributed by atoms with van der Waals surface area (Å²) < 4.78 is 13.2. The summed E-state index contributed by atoms with van der Waals surface area (Å²) in [5.74, 6) is 0.141. The molecule has 0 aliphatic carbocycles. The van der Waals surface area contributed by atoms with Crippen molar-refractivity contribution in [2.75, 3.05) is 5.32 Å². The Morgan fingerprint density at radius 3 is 2.67 bits per heavy atom. The number of nitrogens with zero attached hydrogens (tertiary/aromatic N) is 2. The smallest absolute Gasteiger partial charge is 0.138 e. The molecule has 1 heterocycles. The SMILES string of the molecule is CCc1c(Cl)ncnc1Nc1cc(F)cc(Cl)c1. The van der Waals surface area contributed by atoms with Gasteiger partial charge in [0.15, 0.2) is 0 Å². The Bertz CT molecular complexity index is 555. The molecular weight excluding hydrogens is 276 g/mol. The lowest BCUT2D eigenvalue weighted by atomic mass is 10.2. The van der Waals surface area contributed by atoms with Crippen LogP contribution in [0.15, 0.2) is 24.5 Å². The number of rotatable bonds is 3. The Balaban J connectivity index is 2.36. The maximum Gasteiger partial charge on any atom is 0.138 e. The van der Waals surface area contributed by atoms with E-state index in [2.05, 4.69) is 15.3 Å². The summed E-state index contributed by atoms with van der Waals surface area (Å²) >= 11 is 11.7. The molecule has 94 valence electrons. The first-order valence-corrected chi connectivity index (χ1v) is 6.08. The molecule has 0 aliphatic rings. The van der Waals surface area contributed by atoms with Crippen LogP contribution in [0, 0.1) is 5.82 Å². The van der Waals surface area contributed by atoms with Gasteiger partial charge in [0, 0.05) is 16.3 Å². The molecule has 0 aliphatic heterocycles. The second kappa shape index (κ2) is 5.50. The zero-order valence-electron chi connectivity index (χ0n) is 9.54. The number of anilines is 2. The van der Waals surface area contributed by atoms with E-state index < -0.39 is 5.82 Å². The van der Waals surface area contributed by atoms with Gasteiger partial charge in [-0.05, 0) is 24.6 Å². The van der Waals surface area contributed by atoms with Gasteiger partial charge in [-0.25, -0.2) is 14.4 Å². The quantitative estimate of drug-likeness (QED) is 0.858. The minimum Gasteiger partial charge on any atom is -0.340 e. The van der Waals surface area contributed by atoms with Crippen LogP contribution in [0.4, 0.5) is 15.9 Å². The number of benzene rings is 1. The van der Waals surface area contributed by atoms with E-state index in [0.29, 0.717) is 28.1 Å². The number of halogens is 3. The van der Waals surface area contributed by atoms with E-state index in [0.717, 1.165) is 5.56 Å². The van der Waals surface area contributed by atoms with Gasteiger partial charge in [-0.1, -0.05) is 30.1 Å². The third-order valence-electron chi connectivity index (χ3n) is 2.37. The largest absolute Gasteiger partial charge is 0.340 e. The highest BCUT2D eigenvalue weighted by Gasteiger charge is 2.09. The molecule has 0 radical (unpaired) electrons. The Kier molecular flexibility index (Phi) is 3.99. The average molecular weight is 286 g/mol. The normalized spacial score (nSPS) is 10.4. The molecule has 2 aromatic rings. The number of nitrogens with one attached hydrogen (secondary N) is 1. The Morgan fingerprint density at radius 2 is 2.00 bits per heavy atom. The molecule has 0 saturated carbocycles. The Hall–Kier alpha value is -1.39. The van der Waals surface area contributed by atoms with E-state index in [4.69, 9.17) is 23.2 Å². The zero-order valence-corrected chi connectivity index (χ0v) is 11.1.